The molecule has 0 heterocycles. The lowest BCUT2D eigenvalue weighted by molar-refractivity contribution is 0.306. The predicted molar refractivity (Wildman–Crippen MR) is 87.4 cm³/mol. The minimum atomic E-state index is -1.92. The number of halogens is 1. The number of hydrogen-bond acceptors (Lipinski definition) is 4. The van der Waals surface area contributed by atoms with Gasteiger partial charge in [0, 0.05) is 0 Å². The Hall–Kier alpha value is -1.04. The summed E-state index contributed by atoms with van der Waals surface area (Å²) in [4.78, 5) is 0. The first-order valence-electron chi connectivity index (χ1n) is 7.29. The molecule has 4 nitrogen and oxygen atoms in total. The first-order valence-corrected chi connectivity index (χ1v) is 10.6. The van der Waals surface area contributed by atoms with Crippen molar-refractivity contribution in [2.45, 2.75) is 63.5 Å². The van der Waals surface area contributed by atoms with Crippen LogP contribution in [0.25, 0.3) is 0 Å². The third kappa shape index (κ3) is 4.73. The van der Waals surface area contributed by atoms with Gasteiger partial charge in [-0.3, -0.25) is 0 Å². The van der Waals surface area contributed by atoms with E-state index >= 15 is 0 Å². The zero-order valence-corrected chi connectivity index (χ0v) is 15.2. The van der Waals surface area contributed by atoms with Crippen molar-refractivity contribution in [3.05, 3.63) is 0 Å². The van der Waals surface area contributed by atoms with Crippen LogP contribution in [0.3, 0.4) is 0 Å². The van der Waals surface area contributed by atoms with Crippen molar-refractivity contribution in [2.24, 2.45) is 17.0 Å². The third-order valence-electron chi connectivity index (χ3n) is 4.48. The van der Waals surface area contributed by atoms with Crippen LogP contribution >= 0.6 is 11.6 Å². The van der Waals surface area contributed by atoms with Crippen LogP contribution in [0.2, 0.25) is 18.1 Å². The molecule has 6 heteroatoms. The van der Waals surface area contributed by atoms with Gasteiger partial charge in [-0.25, -0.2) is 0 Å². The van der Waals surface area contributed by atoms with Gasteiger partial charge < -0.3 is 4.53 Å². The highest BCUT2D eigenvalue weighted by Gasteiger charge is 2.40. The molecule has 0 aliphatic heterocycles. The molecule has 0 aromatic rings. The minimum absolute atomic E-state index is 0.101. The number of oxime groups is 1. The highest BCUT2D eigenvalue weighted by Crippen LogP contribution is 2.38. The molecule has 1 rings (SSSR count). The summed E-state index contributed by atoms with van der Waals surface area (Å²) in [6.07, 6.45) is 2.05. The molecule has 0 aromatic carbocycles. The van der Waals surface area contributed by atoms with E-state index in [0.29, 0.717) is 6.42 Å². The summed E-state index contributed by atoms with van der Waals surface area (Å²) in [7, 11) is -1.92. The molecule has 2 atom stereocenters. The quantitative estimate of drug-likeness (QED) is 0.436. The Morgan fingerprint density at radius 2 is 1.95 bits per heavy atom. The molecular formula is C15H24ClN3OSi. The van der Waals surface area contributed by atoms with E-state index < -0.39 is 14.2 Å². The van der Waals surface area contributed by atoms with Crippen LogP contribution in [0.5, 0.6) is 0 Å². The fourth-order valence-corrected chi connectivity index (χ4v) is 2.99. The second-order valence-corrected chi connectivity index (χ2v) is 12.5. The van der Waals surface area contributed by atoms with E-state index in [-0.39, 0.29) is 16.3 Å². The van der Waals surface area contributed by atoms with Gasteiger partial charge in [0.05, 0.1) is 23.2 Å². The van der Waals surface area contributed by atoms with Crippen molar-refractivity contribution in [3.63, 3.8) is 0 Å². The molecule has 1 saturated carbocycles. The molecule has 0 radical (unpaired) electrons. The molecule has 0 N–H and O–H groups in total. The van der Waals surface area contributed by atoms with E-state index in [1.807, 2.05) is 12.1 Å². The number of hydrogen-bond donors (Lipinski definition) is 0. The molecule has 1 fully saturated rings. The summed E-state index contributed by atoms with van der Waals surface area (Å²) < 4.78 is 5.87. The molecule has 2 unspecified atom stereocenters. The van der Waals surface area contributed by atoms with Crippen molar-refractivity contribution in [2.75, 3.05) is 0 Å². The maximum atomic E-state index is 8.86. The van der Waals surface area contributed by atoms with Crippen molar-refractivity contribution in [1.29, 1.82) is 10.5 Å². The van der Waals surface area contributed by atoms with E-state index in [9.17, 15) is 0 Å². The normalized spacial score (nSPS) is 24.9. The molecule has 0 amide bonds. The van der Waals surface area contributed by atoms with Gasteiger partial charge in [0.1, 0.15) is 5.92 Å². The summed E-state index contributed by atoms with van der Waals surface area (Å²) in [5.74, 6) is -0.307. The van der Waals surface area contributed by atoms with Crippen molar-refractivity contribution in [3.8, 4) is 12.1 Å². The summed E-state index contributed by atoms with van der Waals surface area (Å²) in [6, 6.07) is 4.03. The second-order valence-electron chi connectivity index (χ2n) is 7.25. The molecule has 1 aliphatic carbocycles. The highest BCUT2D eigenvalue weighted by molar-refractivity contribution is 6.74. The SMILES string of the molecule is CC(C)(C)[Si](C)(C)O/N=C1/CC(CC(C#N)C#N)CC1Cl. The zero-order valence-electron chi connectivity index (χ0n) is 13.5. The van der Waals surface area contributed by atoms with E-state index in [1.165, 1.54) is 0 Å². The average molecular weight is 326 g/mol. The highest BCUT2D eigenvalue weighted by atomic mass is 35.5. The number of nitriles is 2. The van der Waals surface area contributed by atoms with Gasteiger partial charge in [0.25, 0.3) is 8.32 Å². The van der Waals surface area contributed by atoms with Gasteiger partial charge in [-0.05, 0) is 43.3 Å². The number of alkyl halides is 1. The molecular weight excluding hydrogens is 302 g/mol. The molecule has 0 saturated heterocycles. The van der Waals surface area contributed by atoms with Gasteiger partial charge >= 0.3 is 0 Å². The third-order valence-corrected chi connectivity index (χ3v) is 9.07. The molecule has 0 bridgehead atoms. The summed E-state index contributed by atoms with van der Waals surface area (Å²) >= 11 is 6.32. The summed E-state index contributed by atoms with van der Waals surface area (Å²) in [6.45, 7) is 10.8. The summed E-state index contributed by atoms with van der Waals surface area (Å²) in [5.41, 5.74) is 0.862. The van der Waals surface area contributed by atoms with E-state index in [1.54, 1.807) is 0 Å². The minimum Gasteiger partial charge on any atom is -0.455 e. The van der Waals surface area contributed by atoms with Gasteiger partial charge in [-0.15, -0.1) is 16.8 Å². The van der Waals surface area contributed by atoms with Crippen molar-refractivity contribution in [1.82, 2.24) is 0 Å². The first kappa shape index (κ1) is 18.0. The van der Waals surface area contributed by atoms with E-state index in [4.69, 9.17) is 26.7 Å². The Balaban J connectivity index is 2.68. The lowest BCUT2D eigenvalue weighted by Gasteiger charge is -2.33. The van der Waals surface area contributed by atoms with Crippen LogP contribution in [-0.4, -0.2) is 19.4 Å². The van der Waals surface area contributed by atoms with E-state index in [2.05, 4.69) is 39.0 Å². The Labute approximate surface area is 133 Å². The molecule has 116 valence electrons. The fourth-order valence-electron chi connectivity index (χ4n) is 1.99. The topological polar surface area (TPSA) is 69.2 Å². The number of rotatable bonds is 4. The predicted octanol–water partition coefficient (Wildman–Crippen LogP) is 4.44. The standard InChI is InChI=1S/C15H24ClN3OSi/c1-15(2,3)21(4,5)20-19-14-8-11(7-13(14)16)6-12(9-17)10-18/h11-13H,6-8H2,1-5H3/b19-14-. The van der Waals surface area contributed by atoms with Crippen LogP contribution in [0, 0.1) is 34.5 Å². The summed E-state index contributed by atoms with van der Waals surface area (Å²) in [5, 5.41) is 22.0. The maximum absolute atomic E-state index is 8.86. The Kier molecular flexibility index (Phi) is 5.84. The molecule has 0 spiro atoms. The average Bonchev–Trinajstić information content (AvgIpc) is 2.72. The van der Waals surface area contributed by atoms with Crippen LogP contribution in [0.15, 0.2) is 5.16 Å². The number of nitrogens with zero attached hydrogens (tertiary/aromatic N) is 3. The van der Waals surface area contributed by atoms with Crippen molar-refractivity contribution >= 4 is 25.6 Å². The Morgan fingerprint density at radius 1 is 1.38 bits per heavy atom. The monoisotopic (exact) mass is 325 g/mol. The van der Waals surface area contributed by atoms with Gasteiger partial charge in [-0.2, -0.15) is 10.5 Å². The first-order chi connectivity index (χ1) is 9.60. The molecule has 21 heavy (non-hydrogen) atoms. The van der Waals surface area contributed by atoms with E-state index in [0.717, 1.165) is 18.6 Å². The second kappa shape index (κ2) is 6.81. The van der Waals surface area contributed by atoms with Crippen LogP contribution in [-0.2, 0) is 4.53 Å². The van der Waals surface area contributed by atoms with Crippen LogP contribution in [0.1, 0.15) is 40.0 Å². The van der Waals surface area contributed by atoms with Gasteiger partial charge in [0.15, 0.2) is 0 Å². The maximum Gasteiger partial charge on any atom is 0.286 e. The van der Waals surface area contributed by atoms with Gasteiger partial charge in [-0.1, -0.05) is 20.8 Å². The van der Waals surface area contributed by atoms with Crippen LogP contribution in [0.4, 0.5) is 0 Å². The zero-order chi connectivity index (χ0) is 16.3. The largest absolute Gasteiger partial charge is 0.455 e. The van der Waals surface area contributed by atoms with Gasteiger partial charge in [0.2, 0.25) is 0 Å². The lowest BCUT2D eigenvalue weighted by Crippen LogP contribution is -2.39. The lowest BCUT2D eigenvalue weighted by atomic mass is 9.95. The van der Waals surface area contributed by atoms with Crippen LogP contribution < -0.4 is 0 Å². The molecule has 0 aromatic heterocycles. The Bertz CT molecular complexity index is 471. The molecule has 1 aliphatic rings. The fraction of sp³-hybridized carbons (Fsp3) is 0.800. The van der Waals surface area contributed by atoms with Crippen molar-refractivity contribution < 1.29 is 4.53 Å². The smallest absolute Gasteiger partial charge is 0.286 e. The Morgan fingerprint density at radius 3 is 2.43 bits per heavy atom.